The van der Waals surface area contributed by atoms with Crippen molar-refractivity contribution >= 4 is 24.0 Å². The number of amides is 2. The highest BCUT2D eigenvalue weighted by Gasteiger charge is 2.11. The zero-order valence-corrected chi connectivity index (χ0v) is 18.9. The second-order valence-corrected chi connectivity index (χ2v) is 7.21. The summed E-state index contributed by atoms with van der Waals surface area (Å²) in [5.41, 5.74) is 4.80. The van der Waals surface area contributed by atoms with Crippen LogP contribution in [-0.4, -0.2) is 37.1 Å². The second kappa shape index (κ2) is 12.0. The summed E-state index contributed by atoms with van der Waals surface area (Å²) < 4.78 is 10.7. The van der Waals surface area contributed by atoms with E-state index in [1.165, 1.54) is 6.21 Å². The normalized spacial score (nSPS) is 10.5. The van der Waals surface area contributed by atoms with Gasteiger partial charge in [0.15, 0.2) is 0 Å². The van der Waals surface area contributed by atoms with E-state index in [1.54, 1.807) is 60.7 Å². The van der Waals surface area contributed by atoms with Crippen molar-refractivity contribution in [2.75, 3.05) is 13.2 Å². The Balaban J connectivity index is 1.44. The first-order valence-corrected chi connectivity index (χ1v) is 10.7. The molecule has 3 rings (SSSR count). The van der Waals surface area contributed by atoms with Gasteiger partial charge < -0.3 is 14.8 Å². The molecule has 0 spiro atoms. The van der Waals surface area contributed by atoms with Gasteiger partial charge in [0, 0.05) is 5.56 Å². The zero-order valence-electron chi connectivity index (χ0n) is 18.9. The molecule has 3 aromatic carbocycles. The molecule has 0 aliphatic carbocycles. The summed E-state index contributed by atoms with van der Waals surface area (Å²) in [6, 6.07) is 20.5. The van der Waals surface area contributed by atoms with Crippen LogP contribution in [0.1, 0.15) is 38.8 Å². The van der Waals surface area contributed by atoms with Crippen LogP contribution in [0, 0.1) is 6.92 Å². The van der Waals surface area contributed by atoms with Gasteiger partial charge in [0.2, 0.25) is 0 Å². The second-order valence-electron chi connectivity index (χ2n) is 7.21. The average Bonchev–Trinajstić information content (AvgIpc) is 2.84. The fourth-order valence-corrected chi connectivity index (χ4v) is 2.94. The summed E-state index contributed by atoms with van der Waals surface area (Å²) in [7, 11) is 0. The number of carbonyl (C=O) groups is 3. The number of esters is 1. The molecular formula is C26H25N3O5. The fourth-order valence-electron chi connectivity index (χ4n) is 2.94. The summed E-state index contributed by atoms with van der Waals surface area (Å²) in [5, 5.41) is 6.40. The Bertz CT molecular complexity index is 1170. The monoisotopic (exact) mass is 459 g/mol. The first kappa shape index (κ1) is 24.2. The lowest BCUT2D eigenvalue weighted by molar-refractivity contribution is -0.120. The van der Waals surface area contributed by atoms with E-state index in [1.807, 2.05) is 26.0 Å². The van der Waals surface area contributed by atoms with Gasteiger partial charge in [-0.15, -0.1) is 0 Å². The maximum Gasteiger partial charge on any atom is 0.343 e. The van der Waals surface area contributed by atoms with Gasteiger partial charge in [-0.2, -0.15) is 5.10 Å². The topological polar surface area (TPSA) is 106 Å². The van der Waals surface area contributed by atoms with Crippen LogP contribution in [0.3, 0.4) is 0 Å². The Morgan fingerprint density at radius 3 is 2.26 bits per heavy atom. The molecule has 8 nitrogen and oxygen atoms in total. The van der Waals surface area contributed by atoms with Crippen molar-refractivity contribution in [1.29, 1.82) is 0 Å². The SMILES string of the molecule is CCOc1ccc(C(=O)NCC(=O)NN=Cc2ccc(OC(=O)c3ccccc3C)cc2)cc1. The molecule has 0 heterocycles. The molecule has 2 N–H and O–H groups in total. The molecule has 34 heavy (non-hydrogen) atoms. The average molecular weight is 460 g/mol. The van der Waals surface area contributed by atoms with Gasteiger partial charge in [-0.05, 0) is 79.6 Å². The van der Waals surface area contributed by atoms with E-state index in [0.29, 0.717) is 34.8 Å². The predicted octanol–water partition coefficient (Wildman–Crippen LogP) is 3.49. The minimum atomic E-state index is -0.473. The minimum Gasteiger partial charge on any atom is -0.494 e. The third-order valence-corrected chi connectivity index (χ3v) is 4.70. The highest BCUT2D eigenvalue weighted by Crippen LogP contribution is 2.15. The molecule has 0 aliphatic heterocycles. The van der Waals surface area contributed by atoms with Crippen LogP contribution in [0.4, 0.5) is 0 Å². The van der Waals surface area contributed by atoms with Crippen molar-refractivity contribution in [1.82, 2.24) is 10.7 Å². The van der Waals surface area contributed by atoms with Gasteiger partial charge in [-0.3, -0.25) is 9.59 Å². The summed E-state index contributed by atoms with van der Waals surface area (Å²) in [6.07, 6.45) is 1.44. The number of nitrogens with zero attached hydrogens (tertiary/aromatic N) is 1. The summed E-state index contributed by atoms with van der Waals surface area (Å²) in [4.78, 5) is 36.3. The van der Waals surface area contributed by atoms with E-state index in [9.17, 15) is 14.4 Å². The summed E-state index contributed by atoms with van der Waals surface area (Å²) >= 11 is 0. The smallest absolute Gasteiger partial charge is 0.343 e. The Labute approximate surface area is 197 Å². The molecule has 0 atom stereocenters. The third kappa shape index (κ3) is 7.03. The lowest BCUT2D eigenvalue weighted by Crippen LogP contribution is -2.34. The summed E-state index contributed by atoms with van der Waals surface area (Å²) in [5.74, 6) is -0.216. The number of benzene rings is 3. The zero-order chi connectivity index (χ0) is 24.3. The van der Waals surface area contributed by atoms with Gasteiger partial charge in [0.1, 0.15) is 11.5 Å². The molecule has 8 heteroatoms. The fraction of sp³-hybridized carbons (Fsp3) is 0.154. The largest absolute Gasteiger partial charge is 0.494 e. The van der Waals surface area contributed by atoms with E-state index in [4.69, 9.17) is 9.47 Å². The van der Waals surface area contributed by atoms with Gasteiger partial charge in [0.05, 0.1) is 24.9 Å². The highest BCUT2D eigenvalue weighted by atomic mass is 16.5. The molecule has 0 saturated carbocycles. The molecular weight excluding hydrogens is 434 g/mol. The maximum atomic E-state index is 12.3. The standard InChI is InChI=1S/C26H25N3O5/c1-3-33-21-14-10-20(11-15-21)25(31)27-17-24(30)29-28-16-19-8-12-22(13-9-19)34-26(32)23-7-5-4-6-18(23)2/h4-16H,3,17H2,1-2H3,(H,27,31)(H,29,30). The van der Waals surface area contributed by atoms with Gasteiger partial charge >= 0.3 is 5.97 Å². The maximum absolute atomic E-state index is 12.3. The molecule has 0 radical (unpaired) electrons. The van der Waals surface area contributed by atoms with Crippen molar-refractivity contribution in [2.45, 2.75) is 13.8 Å². The Kier molecular flexibility index (Phi) is 8.51. The highest BCUT2D eigenvalue weighted by molar-refractivity contribution is 5.96. The van der Waals surface area contributed by atoms with Crippen LogP contribution in [0.5, 0.6) is 11.5 Å². The van der Waals surface area contributed by atoms with E-state index < -0.39 is 11.9 Å². The number of rotatable bonds is 9. The number of hydrogen-bond acceptors (Lipinski definition) is 6. The van der Waals surface area contributed by atoms with Crippen molar-refractivity contribution in [3.8, 4) is 11.5 Å². The molecule has 0 fully saturated rings. The number of hydrogen-bond donors (Lipinski definition) is 2. The lowest BCUT2D eigenvalue weighted by Gasteiger charge is -2.07. The van der Waals surface area contributed by atoms with Gasteiger partial charge in [-0.25, -0.2) is 10.2 Å². The van der Waals surface area contributed by atoms with Crippen molar-refractivity contribution < 1.29 is 23.9 Å². The summed E-state index contributed by atoms with van der Waals surface area (Å²) in [6.45, 7) is 4.03. The minimum absolute atomic E-state index is 0.225. The molecule has 0 unspecified atom stereocenters. The number of carbonyl (C=O) groups excluding carboxylic acids is 3. The van der Waals surface area contributed by atoms with Gasteiger partial charge in [-0.1, -0.05) is 18.2 Å². The quantitative estimate of drug-likeness (QED) is 0.221. The Hall–Kier alpha value is -4.46. The molecule has 0 aromatic heterocycles. The number of ether oxygens (including phenoxy) is 2. The van der Waals surface area contributed by atoms with Crippen molar-refractivity contribution in [3.05, 3.63) is 95.1 Å². The number of hydrazone groups is 1. The molecule has 0 aliphatic rings. The van der Waals surface area contributed by atoms with Crippen molar-refractivity contribution in [3.63, 3.8) is 0 Å². The van der Waals surface area contributed by atoms with Crippen molar-refractivity contribution in [2.24, 2.45) is 5.10 Å². The third-order valence-electron chi connectivity index (χ3n) is 4.70. The Morgan fingerprint density at radius 1 is 0.912 bits per heavy atom. The molecule has 0 saturated heterocycles. The Morgan fingerprint density at radius 2 is 1.59 bits per heavy atom. The van der Waals surface area contributed by atoms with E-state index in [-0.39, 0.29) is 12.5 Å². The predicted molar refractivity (Wildman–Crippen MR) is 128 cm³/mol. The molecule has 174 valence electrons. The first-order chi connectivity index (χ1) is 16.5. The van der Waals surface area contributed by atoms with E-state index in [0.717, 1.165) is 5.56 Å². The molecule has 3 aromatic rings. The van der Waals surface area contributed by atoms with Crippen LogP contribution < -0.4 is 20.2 Å². The first-order valence-electron chi connectivity index (χ1n) is 10.7. The van der Waals surface area contributed by atoms with Gasteiger partial charge in [0.25, 0.3) is 11.8 Å². The van der Waals surface area contributed by atoms with E-state index >= 15 is 0 Å². The lowest BCUT2D eigenvalue weighted by atomic mass is 10.1. The number of nitrogens with one attached hydrogen (secondary N) is 2. The number of aryl methyl sites for hydroxylation is 1. The van der Waals surface area contributed by atoms with Crippen LogP contribution in [0.2, 0.25) is 0 Å². The molecule has 0 bridgehead atoms. The van der Waals surface area contributed by atoms with Crippen LogP contribution in [0.25, 0.3) is 0 Å². The van der Waals surface area contributed by atoms with Crippen LogP contribution in [-0.2, 0) is 4.79 Å². The van der Waals surface area contributed by atoms with Crippen LogP contribution in [0.15, 0.2) is 77.9 Å². The molecule has 2 amide bonds. The van der Waals surface area contributed by atoms with E-state index in [2.05, 4.69) is 15.8 Å². The van der Waals surface area contributed by atoms with Crippen LogP contribution >= 0.6 is 0 Å².